The molecule has 1 fully saturated rings. The van der Waals surface area contributed by atoms with E-state index in [0.29, 0.717) is 24.4 Å². The number of hydrogen-bond donors (Lipinski definition) is 2. The monoisotopic (exact) mass is 383 g/mol. The first-order chi connectivity index (χ1) is 11.6. The fourth-order valence-electron chi connectivity index (χ4n) is 3.21. The summed E-state index contributed by atoms with van der Waals surface area (Å²) in [7, 11) is 1.60. The van der Waals surface area contributed by atoms with Gasteiger partial charge in [-0.2, -0.15) is 0 Å². The Morgan fingerprint density at radius 1 is 1.23 bits per heavy atom. The molecule has 4 N–H and O–H groups in total. The molecule has 2 rings (SSSR count). The van der Waals surface area contributed by atoms with Crippen molar-refractivity contribution >= 4 is 24.2 Å². The highest BCUT2D eigenvalue weighted by molar-refractivity contribution is 5.94. The number of methoxy groups -OCH3 is 1. The van der Waals surface area contributed by atoms with E-state index in [1.165, 1.54) is 0 Å². The topological polar surface area (TPSA) is 98.6 Å². The number of amides is 2. The lowest BCUT2D eigenvalue weighted by atomic mass is 9.84. The number of ether oxygens (including phenoxy) is 1. The lowest BCUT2D eigenvalue weighted by Gasteiger charge is -2.37. The van der Waals surface area contributed by atoms with Crippen molar-refractivity contribution < 1.29 is 14.3 Å². The van der Waals surface area contributed by atoms with Gasteiger partial charge in [-0.25, -0.2) is 0 Å². The summed E-state index contributed by atoms with van der Waals surface area (Å²) < 4.78 is 5.28. The van der Waals surface area contributed by atoms with Crippen LogP contribution in [0.25, 0.3) is 0 Å². The normalized spacial score (nSPS) is 16.6. The third kappa shape index (κ3) is 4.89. The van der Waals surface area contributed by atoms with E-state index in [9.17, 15) is 9.59 Å². The number of likely N-dealkylation sites (tertiary alicyclic amines) is 1. The minimum atomic E-state index is -0.512. The minimum absolute atomic E-state index is 0. The quantitative estimate of drug-likeness (QED) is 0.833. The third-order valence-electron chi connectivity index (χ3n) is 4.97. The zero-order valence-electron chi connectivity index (χ0n) is 16.0. The highest BCUT2D eigenvalue weighted by atomic mass is 35.5. The molecule has 1 saturated heterocycles. The Hall–Kier alpha value is -1.79. The van der Waals surface area contributed by atoms with Gasteiger partial charge in [-0.1, -0.05) is 20.8 Å². The van der Waals surface area contributed by atoms with Gasteiger partial charge in [-0.3, -0.25) is 9.59 Å². The molecular weight excluding hydrogens is 354 g/mol. The van der Waals surface area contributed by atoms with Gasteiger partial charge in [0.1, 0.15) is 5.75 Å². The van der Waals surface area contributed by atoms with Crippen LogP contribution in [0.1, 0.15) is 55.5 Å². The Labute approximate surface area is 161 Å². The molecule has 1 aromatic rings. The van der Waals surface area contributed by atoms with Gasteiger partial charge in [0.05, 0.1) is 13.2 Å². The molecule has 0 saturated carbocycles. The van der Waals surface area contributed by atoms with E-state index in [1.807, 2.05) is 31.7 Å². The van der Waals surface area contributed by atoms with Crippen molar-refractivity contribution in [1.82, 2.24) is 4.90 Å². The van der Waals surface area contributed by atoms with Crippen molar-refractivity contribution in [3.8, 4) is 5.75 Å². The maximum absolute atomic E-state index is 12.6. The van der Waals surface area contributed by atoms with Gasteiger partial charge in [0.25, 0.3) is 0 Å². The number of benzene rings is 1. The maximum Gasteiger partial charge on any atom is 0.248 e. The van der Waals surface area contributed by atoms with Crippen molar-refractivity contribution in [1.29, 1.82) is 0 Å². The van der Waals surface area contributed by atoms with Crippen molar-refractivity contribution in [2.75, 3.05) is 20.2 Å². The van der Waals surface area contributed by atoms with E-state index in [2.05, 4.69) is 0 Å². The third-order valence-corrected chi connectivity index (χ3v) is 4.97. The Bertz CT molecular complexity index is 650. The number of hydrogen-bond acceptors (Lipinski definition) is 4. The molecule has 2 amide bonds. The molecule has 1 aromatic carbocycles. The number of nitrogens with zero attached hydrogens (tertiary/aromatic N) is 1. The maximum atomic E-state index is 12.6. The van der Waals surface area contributed by atoms with E-state index >= 15 is 0 Å². The minimum Gasteiger partial charge on any atom is -0.497 e. The van der Waals surface area contributed by atoms with Gasteiger partial charge in [0.2, 0.25) is 11.8 Å². The number of carbonyl (C=O) groups excluding carboxylic acids is 2. The van der Waals surface area contributed by atoms with E-state index in [0.717, 1.165) is 18.4 Å². The van der Waals surface area contributed by atoms with Gasteiger partial charge in [0.15, 0.2) is 0 Å². The van der Waals surface area contributed by atoms with E-state index in [4.69, 9.17) is 16.2 Å². The zero-order chi connectivity index (χ0) is 18.8. The van der Waals surface area contributed by atoms with Crippen LogP contribution >= 0.6 is 12.4 Å². The van der Waals surface area contributed by atoms with E-state index < -0.39 is 11.9 Å². The van der Waals surface area contributed by atoms with Crippen LogP contribution in [0.4, 0.5) is 0 Å². The first kappa shape index (κ1) is 22.3. The molecule has 0 aliphatic carbocycles. The first-order valence-electron chi connectivity index (χ1n) is 8.67. The van der Waals surface area contributed by atoms with Crippen LogP contribution in [-0.2, 0) is 4.79 Å². The fraction of sp³-hybridized carbons (Fsp3) is 0.579. The van der Waals surface area contributed by atoms with E-state index in [-0.39, 0.29) is 29.6 Å². The van der Waals surface area contributed by atoms with Gasteiger partial charge in [-0.15, -0.1) is 12.4 Å². The van der Waals surface area contributed by atoms with Gasteiger partial charge in [-0.05, 0) is 47.9 Å². The summed E-state index contributed by atoms with van der Waals surface area (Å²) in [5.41, 5.74) is 12.8. The molecule has 0 bridgehead atoms. The van der Waals surface area contributed by atoms with Crippen LogP contribution < -0.4 is 16.2 Å². The molecule has 6 nitrogen and oxygen atoms in total. The van der Waals surface area contributed by atoms with E-state index in [1.54, 1.807) is 19.2 Å². The van der Waals surface area contributed by atoms with Crippen LogP contribution in [0.3, 0.4) is 0 Å². The van der Waals surface area contributed by atoms with Crippen LogP contribution in [0.5, 0.6) is 5.75 Å². The average Bonchev–Trinajstić information content (AvgIpc) is 2.59. The molecular formula is C19H30ClN3O3. The number of rotatable bonds is 4. The molecule has 0 spiro atoms. The van der Waals surface area contributed by atoms with Crippen molar-refractivity contribution in [2.24, 2.45) is 16.9 Å². The smallest absolute Gasteiger partial charge is 0.248 e. The van der Waals surface area contributed by atoms with Crippen LogP contribution in [-0.4, -0.2) is 43.0 Å². The molecule has 7 heteroatoms. The fourth-order valence-corrected chi connectivity index (χ4v) is 3.21. The molecule has 146 valence electrons. The number of carbonyl (C=O) groups is 2. The summed E-state index contributed by atoms with van der Waals surface area (Å²) in [6.45, 7) is 7.17. The lowest BCUT2D eigenvalue weighted by Crippen LogP contribution is -2.52. The SMILES string of the molecule is COc1ccc(C(N)=O)c(C2CCN(C(=O)C(N)C(C)(C)C)CC2)c1.Cl. The average molecular weight is 384 g/mol. The number of halogens is 1. The standard InChI is InChI=1S/C19H29N3O3.ClH/c1-19(2,3)16(20)18(24)22-9-7-12(8-10-22)15-11-13(25-4)5-6-14(15)17(21)23;/h5-6,11-12,16H,7-10,20H2,1-4H3,(H2,21,23);1H. The number of piperidine rings is 1. The summed E-state index contributed by atoms with van der Waals surface area (Å²) in [5, 5.41) is 0. The van der Waals surface area contributed by atoms with Gasteiger partial charge >= 0.3 is 0 Å². The second-order valence-electron chi connectivity index (χ2n) is 7.76. The van der Waals surface area contributed by atoms with Gasteiger partial charge in [0, 0.05) is 18.7 Å². The predicted octanol–water partition coefficient (Wildman–Crippen LogP) is 2.30. The highest BCUT2D eigenvalue weighted by Gasteiger charge is 2.33. The van der Waals surface area contributed by atoms with Crippen molar-refractivity contribution in [2.45, 2.75) is 45.6 Å². The number of primary amides is 1. The second kappa shape index (κ2) is 8.73. The molecule has 1 aliphatic rings. The zero-order valence-corrected chi connectivity index (χ0v) is 16.8. The van der Waals surface area contributed by atoms with Crippen molar-refractivity contribution in [3.63, 3.8) is 0 Å². The summed E-state index contributed by atoms with van der Waals surface area (Å²) >= 11 is 0. The van der Waals surface area contributed by atoms with Crippen molar-refractivity contribution in [3.05, 3.63) is 29.3 Å². The summed E-state index contributed by atoms with van der Waals surface area (Å²) in [4.78, 5) is 26.1. The molecule has 1 heterocycles. The molecule has 0 radical (unpaired) electrons. The Morgan fingerprint density at radius 2 is 1.81 bits per heavy atom. The molecule has 1 atom stereocenters. The lowest BCUT2D eigenvalue weighted by molar-refractivity contribution is -0.136. The second-order valence-corrected chi connectivity index (χ2v) is 7.76. The Morgan fingerprint density at radius 3 is 2.27 bits per heavy atom. The largest absolute Gasteiger partial charge is 0.497 e. The summed E-state index contributed by atoms with van der Waals surface area (Å²) in [6.07, 6.45) is 1.55. The molecule has 0 aromatic heterocycles. The highest BCUT2D eigenvalue weighted by Crippen LogP contribution is 2.33. The van der Waals surface area contributed by atoms with Crippen LogP contribution in [0, 0.1) is 5.41 Å². The predicted molar refractivity (Wildman–Crippen MR) is 105 cm³/mol. The Balaban J connectivity index is 0.00000338. The molecule has 1 unspecified atom stereocenters. The Kier molecular flexibility index (Phi) is 7.47. The first-order valence-corrected chi connectivity index (χ1v) is 8.67. The summed E-state index contributed by atoms with van der Waals surface area (Å²) in [5.74, 6) is 0.429. The molecule has 26 heavy (non-hydrogen) atoms. The molecule has 1 aliphatic heterocycles. The summed E-state index contributed by atoms with van der Waals surface area (Å²) in [6, 6.07) is 4.82. The van der Waals surface area contributed by atoms with Crippen LogP contribution in [0.15, 0.2) is 18.2 Å². The van der Waals surface area contributed by atoms with Gasteiger partial charge < -0.3 is 21.1 Å². The van der Waals surface area contributed by atoms with Crippen LogP contribution in [0.2, 0.25) is 0 Å². The number of nitrogens with two attached hydrogens (primary N) is 2.